The van der Waals surface area contributed by atoms with E-state index in [1.54, 1.807) is 0 Å². The summed E-state index contributed by atoms with van der Waals surface area (Å²) < 4.78 is 0. The molecule has 1 aromatic carbocycles. The van der Waals surface area contributed by atoms with Crippen molar-refractivity contribution in [1.29, 1.82) is 0 Å². The first kappa shape index (κ1) is 14.5. The highest BCUT2D eigenvalue weighted by Crippen LogP contribution is 2.35. The Hall–Kier alpha value is -2.43. The molecule has 0 radical (unpaired) electrons. The van der Waals surface area contributed by atoms with Crippen LogP contribution in [0, 0.1) is 13.8 Å². The fourth-order valence-electron chi connectivity index (χ4n) is 3.10. The number of hydrogen-bond donors (Lipinski definition) is 1. The number of hydrogen-bond acceptors (Lipinski definition) is 4. The Morgan fingerprint density at radius 1 is 1.27 bits per heavy atom. The number of nitrogen functional groups attached to an aromatic ring is 1. The molecular formula is C17H20N4O. The highest BCUT2D eigenvalue weighted by atomic mass is 16.2. The van der Waals surface area contributed by atoms with Gasteiger partial charge in [-0.05, 0) is 37.8 Å². The number of rotatable bonds is 2. The van der Waals surface area contributed by atoms with E-state index in [1.165, 1.54) is 29.1 Å². The number of aryl methyl sites for hydroxylation is 2. The number of benzene rings is 1. The molecule has 0 bridgehead atoms. The first-order chi connectivity index (χ1) is 10.6. The zero-order chi connectivity index (χ0) is 15.7. The normalized spacial score (nSPS) is 17.7. The van der Waals surface area contributed by atoms with Gasteiger partial charge in [-0.2, -0.15) is 0 Å². The Kier molecular flexibility index (Phi) is 3.79. The average Bonchev–Trinajstić information content (AvgIpc) is 2.99. The SMILES string of the molecule is Cc1ccc(C)c([C@@H]2CCCN2C(=O)c2nccnc2N)c1. The summed E-state index contributed by atoms with van der Waals surface area (Å²) in [6.07, 6.45) is 4.96. The van der Waals surface area contributed by atoms with Gasteiger partial charge in [0.05, 0.1) is 6.04 Å². The predicted molar refractivity (Wildman–Crippen MR) is 85.4 cm³/mol. The second-order valence-electron chi connectivity index (χ2n) is 5.81. The molecule has 114 valence electrons. The van der Waals surface area contributed by atoms with Gasteiger partial charge in [0.1, 0.15) is 0 Å². The van der Waals surface area contributed by atoms with Gasteiger partial charge in [0.25, 0.3) is 5.91 Å². The van der Waals surface area contributed by atoms with Gasteiger partial charge in [-0.3, -0.25) is 4.79 Å². The van der Waals surface area contributed by atoms with Crippen LogP contribution in [0.3, 0.4) is 0 Å². The Morgan fingerprint density at radius 2 is 2.05 bits per heavy atom. The molecule has 1 saturated heterocycles. The first-order valence-corrected chi connectivity index (χ1v) is 7.52. The van der Waals surface area contributed by atoms with Crippen molar-refractivity contribution in [1.82, 2.24) is 14.9 Å². The minimum atomic E-state index is -0.131. The molecule has 5 heteroatoms. The molecule has 1 amide bonds. The Bertz CT molecular complexity index is 714. The number of nitrogens with zero attached hydrogens (tertiary/aromatic N) is 3. The molecule has 1 atom stereocenters. The number of carbonyl (C=O) groups excluding carboxylic acids is 1. The van der Waals surface area contributed by atoms with Crippen molar-refractivity contribution in [3.8, 4) is 0 Å². The second kappa shape index (κ2) is 5.75. The highest BCUT2D eigenvalue weighted by Gasteiger charge is 2.33. The maximum atomic E-state index is 12.8. The maximum absolute atomic E-state index is 12.8. The summed E-state index contributed by atoms with van der Waals surface area (Å²) in [6.45, 7) is 4.89. The predicted octanol–water partition coefficient (Wildman–Crippen LogP) is 2.65. The van der Waals surface area contributed by atoms with Gasteiger partial charge >= 0.3 is 0 Å². The van der Waals surface area contributed by atoms with Crippen LogP contribution in [0.1, 0.15) is 46.1 Å². The van der Waals surface area contributed by atoms with Crippen LogP contribution in [0.15, 0.2) is 30.6 Å². The molecule has 1 aromatic heterocycles. The van der Waals surface area contributed by atoms with Gasteiger partial charge in [0.15, 0.2) is 11.5 Å². The topological polar surface area (TPSA) is 72.1 Å². The fraction of sp³-hybridized carbons (Fsp3) is 0.353. The summed E-state index contributed by atoms with van der Waals surface area (Å²) in [6, 6.07) is 6.47. The van der Waals surface area contributed by atoms with E-state index in [2.05, 4.69) is 42.0 Å². The molecule has 0 saturated carbocycles. The highest BCUT2D eigenvalue weighted by molar-refractivity contribution is 5.96. The fourth-order valence-corrected chi connectivity index (χ4v) is 3.10. The minimum absolute atomic E-state index is 0.0915. The summed E-state index contributed by atoms with van der Waals surface area (Å²) in [4.78, 5) is 22.7. The molecule has 0 spiro atoms. The van der Waals surface area contributed by atoms with Crippen molar-refractivity contribution in [3.05, 3.63) is 53.0 Å². The molecule has 1 aliphatic rings. The van der Waals surface area contributed by atoms with Crippen molar-refractivity contribution in [3.63, 3.8) is 0 Å². The summed E-state index contributed by atoms with van der Waals surface area (Å²) in [5, 5.41) is 0. The first-order valence-electron chi connectivity index (χ1n) is 7.52. The van der Waals surface area contributed by atoms with Gasteiger partial charge in [-0.1, -0.05) is 23.8 Å². The molecule has 22 heavy (non-hydrogen) atoms. The van der Waals surface area contributed by atoms with Gasteiger partial charge in [-0.15, -0.1) is 0 Å². The molecule has 2 N–H and O–H groups in total. The lowest BCUT2D eigenvalue weighted by molar-refractivity contribution is 0.0730. The molecule has 5 nitrogen and oxygen atoms in total. The monoisotopic (exact) mass is 296 g/mol. The molecule has 0 unspecified atom stereocenters. The van der Waals surface area contributed by atoms with Crippen molar-refractivity contribution in [2.24, 2.45) is 0 Å². The van der Waals surface area contributed by atoms with Gasteiger partial charge in [-0.25, -0.2) is 9.97 Å². The third-order valence-corrected chi connectivity index (χ3v) is 4.24. The average molecular weight is 296 g/mol. The van der Waals surface area contributed by atoms with Crippen molar-refractivity contribution in [2.45, 2.75) is 32.7 Å². The van der Waals surface area contributed by atoms with Gasteiger partial charge in [0, 0.05) is 18.9 Å². The molecule has 1 aliphatic heterocycles. The van der Waals surface area contributed by atoms with Crippen LogP contribution in [0.5, 0.6) is 0 Å². The number of anilines is 1. The lowest BCUT2D eigenvalue weighted by Gasteiger charge is -2.26. The minimum Gasteiger partial charge on any atom is -0.382 e. The van der Waals surface area contributed by atoms with E-state index >= 15 is 0 Å². The van der Waals surface area contributed by atoms with E-state index in [1.807, 2.05) is 4.90 Å². The Labute approximate surface area is 130 Å². The van der Waals surface area contributed by atoms with E-state index in [0.29, 0.717) is 0 Å². The van der Waals surface area contributed by atoms with Crippen LogP contribution in [-0.4, -0.2) is 27.3 Å². The van der Waals surface area contributed by atoms with E-state index in [-0.39, 0.29) is 23.5 Å². The molecule has 1 fully saturated rings. The maximum Gasteiger partial charge on any atom is 0.276 e. The van der Waals surface area contributed by atoms with Crippen LogP contribution in [-0.2, 0) is 0 Å². The number of nitrogens with two attached hydrogens (primary N) is 1. The number of likely N-dealkylation sites (tertiary alicyclic amines) is 1. The number of amides is 1. The molecular weight excluding hydrogens is 276 g/mol. The van der Waals surface area contributed by atoms with Crippen molar-refractivity contribution >= 4 is 11.7 Å². The van der Waals surface area contributed by atoms with Crippen LogP contribution in [0.2, 0.25) is 0 Å². The van der Waals surface area contributed by atoms with Gasteiger partial charge < -0.3 is 10.6 Å². The second-order valence-corrected chi connectivity index (χ2v) is 5.81. The van der Waals surface area contributed by atoms with E-state index in [4.69, 9.17) is 5.73 Å². The van der Waals surface area contributed by atoms with Crippen molar-refractivity contribution < 1.29 is 4.79 Å². The van der Waals surface area contributed by atoms with E-state index in [9.17, 15) is 4.79 Å². The summed E-state index contributed by atoms with van der Waals surface area (Å²) in [7, 11) is 0. The third-order valence-electron chi connectivity index (χ3n) is 4.24. The zero-order valence-electron chi connectivity index (χ0n) is 12.9. The smallest absolute Gasteiger partial charge is 0.276 e. The quantitative estimate of drug-likeness (QED) is 0.924. The van der Waals surface area contributed by atoms with Crippen LogP contribution < -0.4 is 5.73 Å². The third kappa shape index (κ3) is 2.54. The molecule has 2 heterocycles. The van der Waals surface area contributed by atoms with Crippen LogP contribution in [0.25, 0.3) is 0 Å². The Balaban J connectivity index is 1.95. The largest absolute Gasteiger partial charge is 0.382 e. The lowest BCUT2D eigenvalue weighted by atomic mass is 9.97. The molecule has 0 aliphatic carbocycles. The zero-order valence-corrected chi connectivity index (χ0v) is 12.9. The van der Waals surface area contributed by atoms with E-state index < -0.39 is 0 Å². The summed E-state index contributed by atoms with van der Waals surface area (Å²) >= 11 is 0. The number of aromatic nitrogens is 2. The van der Waals surface area contributed by atoms with Gasteiger partial charge in [0.2, 0.25) is 0 Å². The summed E-state index contributed by atoms with van der Waals surface area (Å²) in [5.74, 6) is 0.0631. The van der Waals surface area contributed by atoms with Crippen LogP contribution in [0.4, 0.5) is 5.82 Å². The standard InChI is InChI=1S/C17H20N4O/c1-11-5-6-12(2)13(10-11)14-4-3-9-21(14)17(22)15-16(18)20-8-7-19-15/h5-8,10,14H,3-4,9H2,1-2H3,(H2,18,20)/t14-/m0/s1. The molecule has 2 aromatic rings. The summed E-state index contributed by atoms with van der Waals surface area (Å²) in [5.41, 5.74) is 9.69. The van der Waals surface area contributed by atoms with Crippen LogP contribution >= 0.6 is 0 Å². The van der Waals surface area contributed by atoms with E-state index in [0.717, 1.165) is 19.4 Å². The molecule has 3 rings (SSSR count). The number of carbonyl (C=O) groups is 1. The Morgan fingerprint density at radius 3 is 2.82 bits per heavy atom. The lowest BCUT2D eigenvalue weighted by Crippen LogP contribution is -2.32. The van der Waals surface area contributed by atoms with Crippen molar-refractivity contribution in [2.75, 3.05) is 12.3 Å².